The number of halogens is 1. The topological polar surface area (TPSA) is 36.1 Å². The van der Waals surface area contributed by atoms with E-state index < -0.39 is 0 Å². The maximum Gasteiger partial charge on any atom is 0.134 e. The molecule has 2 heterocycles. The van der Waals surface area contributed by atoms with Crippen LogP contribution in [0.3, 0.4) is 0 Å². The van der Waals surface area contributed by atoms with Gasteiger partial charge in [-0.15, -0.1) is 22.7 Å². The minimum Gasteiger partial charge on any atom is -0.243 e. The van der Waals surface area contributed by atoms with Crippen molar-refractivity contribution in [1.82, 2.24) is 0 Å². The van der Waals surface area contributed by atoms with Crippen molar-refractivity contribution in [3.8, 4) is 6.07 Å². The number of hydrogen-bond donors (Lipinski definition) is 0. The summed E-state index contributed by atoms with van der Waals surface area (Å²) in [4.78, 5) is 7.00. The Kier molecular flexibility index (Phi) is 3.50. The van der Waals surface area contributed by atoms with Crippen molar-refractivity contribution in [2.45, 2.75) is 19.3 Å². The van der Waals surface area contributed by atoms with E-state index in [-0.39, 0.29) is 0 Å². The average Bonchev–Trinajstić information content (AvgIpc) is 3.01. The van der Waals surface area contributed by atoms with Gasteiger partial charge < -0.3 is 0 Å². The molecule has 3 rings (SSSR count). The molecular weight excluding hydrogens is 375 g/mol. The monoisotopic (exact) mass is 384 g/mol. The third-order valence-corrected chi connectivity index (χ3v) is 5.95. The fourth-order valence-corrected chi connectivity index (χ4v) is 4.84. The first-order chi connectivity index (χ1) is 8.78. The summed E-state index contributed by atoms with van der Waals surface area (Å²) >= 11 is 5.69. The summed E-state index contributed by atoms with van der Waals surface area (Å²) in [6.07, 6.45) is 5.21. The fraction of sp³-hybridized carbons (Fsp3) is 0.231. The highest BCUT2D eigenvalue weighted by atomic mass is 127. The largest absolute Gasteiger partial charge is 0.243 e. The van der Waals surface area contributed by atoms with Gasteiger partial charge in [-0.25, -0.2) is 4.99 Å². The van der Waals surface area contributed by atoms with Crippen LogP contribution in [0.2, 0.25) is 0 Å². The molecule has 0 bridgehead atoms. The molecule has 0 aliphatic heterocycles. The summed E-state index contributed by atoms with van der Waals surface area (Å²) in [7, 11) is 0. The van der Waals surface area contributed by atoms with Gasteiger partial charge in [-0.3, -0.25) is 0 Å². The van der Waals surface area contributed by atoms with E-state index in [2.05, 4.69) is 45.8 Å². The standard InChI is InChI=1S/C13H9IN2S2/c14-12-5-4-8(17-12)7-16-13-10(6-15)9-2-1-3-11(9)18-13/h4-5,7H,1-3H2. The normalized spacial score (nSPS) is 14.0. The van der Waals surface area contributed by atoms with Crippen molar-refractivity contribution in [2.24, 2.45) is 4.99 Å². The number of hydrogen-bond acceptors (Lipinski definition) is 4. The van der Waals surface area contributed by atoms with Gasteiger partial charge >= 0.3 is 0 Å². The molecule has 0 amide bonds. The number of aliphatic imine (C=N–C) groups is 1. The summed E-state index contributed by atoms with van der Waals surface area (Å²) in [5, 5.41) is 10.1. The number of aryl methyl sites for hydroxylation is 1. The Morgan fingerprint density at radius 1 is 1.33 bits per heavy atom. The van der Waals surface area contributed by atoms with Crippen LogP contribution in [0.15, 0.2) is 17.1 Å². The van der Waals surface area contributed by atoms with Crippen molar-refractivity contribution < 1.29 is 0 Å². The van der Waals surface area contributed by atoms with Crippen LogP contribution in [0.5, 0.6) is 0 Å². The van der Waals surface area contributed by atoms with Gasteiger partial charge in [0.25, 0.3) is 0 Å². The van der Waals surface area contributed by atoms with Gasteiger partial charge in [-0.05, 0) is 59.5 Å². The molecule has 0 radical (unpaired) electrons. The van der Waals surface area contributed by atoms with Gasteiger partial charge in [0.15, 0.2) is 0 Å². The van der Waals surface area contributed by atoms with Gasteiger partial charge in [0.05, 0.1) is 8.45 Å². The lowest BCUT2D eigenvalue weighted by atomic mass is 10.1. The Morgan fingerprint density at radius 3 is 2.94 bits per heavy atom. The highest BCUT2D eigenvalue weighted by Crippen LogP contribution is 2.40. The molecule has 0 unspecified atom stereocenters. The second-order valence-electron chi connectivity index (χ2n) is 4.05. The van der Waals surface area contributed by atoms with Crippen LogP contribution in [0, 0.1) is 14.2 Å². The highest BCUT2D eigenvalue weighted by molar-refractivity contribution is 14.1. The summed E-state index contributed by atoms with van der Waals surface area (Å²) in [5.74, 6) is 0. The van der Waals surface area contributed by atoms with Crippen LogP contribution in [0.1, 0.15) is 27.3 Å². The van der Waals surface area contributed by atoms with E-state index in [1.54, 1.807) is 22.7 Å². The van der Waals surface area contributed by atoms with Crippen molar-refractivity contribution in [3.05, 3.63) is 35.9 Å². The molecule has 90 valence electrons. The van der Waals surface area contributed by atoms with E-state index in [9.17, 15) is 5.26 Å². The quantitative estimate of drug-likeness (QED) is 0.554. The molecule has 2 aromatic rings. The molecule has 0 saturated carbocycles. The molecule has 0 saturated heterocycles. The summed E-state index contributed by atoms with van der Waals surface area (Å²) in [5.41, 5.74) is 2.05. The Labute approximate surface area is 127 Å². The summed E-state index contributed by atoms with van der Waals surface area (Å²) in [6.45, 7) is 0. The van der Waals surface area contributed by atoms with Crippen LogP contribution in [-0.2, 0) is 12.8 Å². The third-order valence-electron chi connectivity index (χ3n) is 2.92. The minimum absolute atomic E-state index is 0.801. The maximum absolute atomic E-state index is 9.26. The minimum atomic E-state index is 0.801. The number of nitriles is 1. The average molecular weight is 384 g/mol. The highest BCUT2D eigenvalue weighted by Gasteiger charge is 2.21. The third kappa shape index (κ3) is 2.25. The lowest BCUT2D eigenvalue weighted by molar-refractivity contribution is 0.913. The van der Waals surface area contributed by atoms with Gasteiger partial charge in [-0.1, -0.05) is 0 Å². The molecule has 0 atom stereocenters. The Balaban J connectivity index is 1.94. The van der Waals surface area contributed by atoms with E-state index in [4.69, 9.17) is 0 Å². The predicted molar refractivity (Wildman–Crippen MR) is 85.3 cm³/mol. The molecule has 0 spiro atoms. The van der Waals surface area contributed by atoms with E-state index in [0.29, 0.717) is 0 Å². The van der Waals surface area contributed by atoms with Crippen LogP contribution >= 0.6 is 45.3 Å². The molecule has 0 aromatic carbocycles. The zero-order valence-electron chi connectivity index (χ0n) is 9.44. The zero-order chi connectivity index (χ0) is 12.5. The molecule has 2 aromatic heterocycles. The first-order valence-electron chi connectivity index (χ1n) is 5.62. The van der Waals surface area contributed by atoms with Crippen LogP contribution < -0.4 is 0 Å². The van der Waals surface area contributed by atoms with E-state index in [0.717, 1.165) is 28.3 Å². The second-order valence-corrected chi connectivity index (χ2v) is 8.14. The maximum atomic E-state index is 9.26. The van der Waals surface area contributed by atoms with Crippen molar-refractivity contribution in [1.29, 1.82) is 5.26 Å². The lowest BCUT2D eigenvalue weighted by Gasteiger charge is -1.91. The molecule has 18 heavy (non-hydrogen) atoms. The SMILES string of the molecule is N#Cc1c(N=Cc2ccc(I)s2)sc2c1CCC2. The Hall–Kier alpha value is -0.710. The van der Waals surface area contributed by atoms with Gasteiger partial charge in [0.2, 0.25) is 0 Å². The Bertz CT molecular complexity index is 661. The number of fused-ring (bicyclic) bond motifs is 1. The fourth-order valence-electron chi connectivity index (χ4n) is 2.12. The molecule has 2 nitrogen and oxygen atoms in total. The van der Waals surface area contributed by atoms with Crippen molar-refractivity contribution >= 4 is 56.5 Å². The lowest BCUT2D eigenvalue weighted by Crippen LogP contribution is -1.80. The van der Waals surface area contributed by atoms with E-state index in [1.807, 2.05) is 6.21 Å². The predicted octanol–water partition coefficient (Wildman–Crippen LogP) is 4.53. The first kappa shape index (κ1) is 12.3. The molecule has 1 aliphatic rings. The van der Waals surface area contributed by atoms with Crippen molar-refractivity contribution in [3.63, 3.8) is 0 Å². The van der Waals surface area contributed by atoms with Gasteiger partial charge in [-0.2, -0.15) is 5.26 Å². The number of nitrogens with zero attached hydrogens (tertiary/aromatic N) is 2. The smallest absolute Gasteiger partial charge is 0.134 e. The molecule has 1 aliphatic carbocycles. The van der Waals surface area contributed by atoms with Gasteiger partial charge in [0, 0.05) is 16.0 Å². The Morgan fingerprint density at radius 2 is 2.22 bits per heavy atom. The van der Waals surface area contributed by atoms with Crippen LogP contribution in [0.25, 0.3) is 0 Å². The second kappa shape index (κ2) is 5.11. The van der Waals surface area contributed by atoms with Gasteiger partial charge in [0.1, 0.15) is 11.1 Å². The van der Waals surface area contributed by atoms with Crippen molar-refractivity contribution in [2.75, 3.05) is 0 Å². The van der Waals surface area contributed by atoms with Crippen LogP contribution in [-0.4, -0.2) is 6.21 Å². The van der Waals surface area contributed by atoms with Crippen LogP contribution in [0.4, 0.5) is 5.00 Å². The molecule has 0 fully saturated rings. The van der Waals surface area contributed by atoms with E-state index in [1.165, 1.54) is 19.7 Å². The summed E-state index contributed by atoms with van der Waals surface area (Å²) < 4.78 is 1.25. The molecule has 5 heteroatoms. The number of rotatable bonds is 2. The first-order valence-corrected chi connectivity index (χ1v) is 8.33. The molecule has 0 N–H and O–H groups in total. The van der Waals surface area contributed by atoms with E-state index >= 15 is 0 Å². The zero-order valence-corrected chi connectivity index (χ0v) is 13.2. The molecular formula is C13H9IN2S2. The summed E-state index contributed by atoms with van der Waals surface area (Å²) in [6, 6.07) is 6.45. The number of thiophene rings is 2.